The van der Waals surface area contributed by atoms with Crippen LogP contribution in [0.1, 0.15) is 24.0 Å². The molecule has 1 aromatic carbocycles. The van der Waals surface area contributed by atoms with Crippen molar-refractivity contribution in [3.63, 3.8) is 0 Å². The number of carbonyl (C=O) groups excluding carboxylic acids is 1. The highest BCUT2D eigenvalue weighted by molar-refractivity contribution is 9.10. The summed E-state index contributed by atoms with van der Waals surface area (Å²) in [5.41, 5.74) is 0.498. The summed E-state index contributed by atoms with van der Waals surface area (Å²) in [5, 5.41) is 2.85. The van der Waals surface area contributed by atoms with E-state index in [0.717, 1.165) is 10.0 Å². The molecule has 3 rings (SSSR count). The first-order valence-electron chi connectivity index (χ1n) is 9.06. The van der Waals surface area contributed by atoms with Gasteiger partial charge in [-0.25, -0.2) is 4.98 Å². The van der Waals surface area contributed by atoms with Crippen molar-refractivity contribution in [2.45, 2.75) is 31.0 Å². The Morgan fingerprint density at radius 3 is 2.55 bits per heavy atom. The quantitative estimate of drug-likeness (QED) is 0.685. The molecule has 0 saturated carbocycles. The lowest BCUT2D eigenvalue weighted by Gasteiger charge is -2.36. The Labute approximate surface area is 174 Å². The van der Waals surface area contributed by atoms with Gasteiger partial charge in [0, 0.05) is 36.0 Å². The lowest BCUT2D eigenvalue weighted by atomic mass is 9.73. The zero-order valence-corrected chi connectivity index (χ0v) is 17.1. The van der Waals surface area contributed by atoms with Gasteiger partial charge in [-0.05, 0) is 36.6 Å². The van der Waals surface area contributed by atoms with Crippen molar-refractivity contribution in [1.29, 1.82) is 0 Å². The fraction of sp³-hybridized carbons (Fsp3) is 0.400. The van der Waals surface area contributed by atoms with Gasteiger partial charge in [0.05, 0.1) is 5.41 Å². The molecule has 1 saturated heterocycles. The van der Waals surface area contributed by atoms with Crippen LogP contribution in [0.15, 0.2) is 47.1 Å². The van der Waals surface area contributed by atoms with Gasteiger partial charge in [-0.15, -0.1) is 0 Å². The Morgan fingerprint density at radius 2 is 1.90 bits per heavy atom. The highest BCUT2D eigenvalue weighted by Gasteiger charge is 2.41. The van der Waals surface area contributed by atoms with Crippen LogP contribution in [-0.2, 0) is 21.5 Å². The molecular weight excluding hydrogens is 453 g/mol. The maximum Gasteiger partial charge on any atom is 0.422 e. The summed E-state index contributed by atoms with van der Waals surface area (Å²) >= 11 is 3.40. The standard InChI is InChI=1S/C20H20BrF3N2O3/c21-16-5-3-15(4-6-16)19(7-10-28-11-8-19)18(27)26-12-14-2-1-9-25-17(14)29-13-20(22,23)24/h1-6,9H,7-8,10-13H2,(H,26,27). The van der Waals surface area contributed by atoms with Gasteiger partial charge in [0.2, 0.25) is 11.8 Å². The largest absolute Gasteiger partial charge is 0.468 e. The van der Waals surface area contributed by atoms with E-state index in [1.54, 1.807) is 12.1 Å². The summed E-state index contributed by atoms with van der Waals surface area (Å²) in [5.74, 6) is -0.344. The van der Waals surface area contributed by atoms with E-state index in [1.807, 2.05) is 24.3 Å². The monoisotopic (exact) mass is 472 g/mol. The van der Waals surface area contributed by atoms with Gasteiger partial charge in [0.25, 0.3) is 0 Å². The predicted octanol–water partition coefficient (Wildman–Crippen LogP) is 4.15. The van der Waals surface area contributed by atoms with Crippen LogP contribution in [-0.4, -0.2) is 36.9 Å². The number of halogens is 4. The molecule has 29 heavy (non-hydrogen) atoms. The minimum atomic E-state index is -4.47. The van der Waals surface area contributed by atoms with Crippen molar-refractivity contribution in [2.75, 3.05) is 19.8 Å². The Kier molecular flexibility index (Phi) is 6.79. The molecule has 0 atom stereocenters. The summed E-state index contributed by atoms with van der Waals surface area (Å²) < 4.78 is 48.5. The third kappa shape index (κ3) is 5.48. The van der Waals surface area contributed by atoms with Crippen LogP contribution >= 0.6 is 15.9 Å². The van der Waals surface area contributed by atoms with E-state index in [0.29, 0.717) is 31.6 Å². The van der Waals surface area contributed by atoms with Crippen LogP contribution in [0, 0.1) is 0 Å². The van der Waals surface area contributed by atoms with Crippen molar-refractivity contribution in [3.05, 3.63) is 58.2 Å². The lowest BCUT2D eigenvalue weighted by Crippen LogP contribution is -2.47. The van der Waals surface area contributed by atoms with E-state index < -0.39 is 18.2 Å². The van der Waals surface area contributed by atoms with Crippen molar-refractivity contribution >= 4 is 21.8 Å². The fourth-order valence-corrected chi connectivity index (χ4v) is 3.58. The number of hydrogen-bond donors (Lipinski definition) is 1. The minimum absolute atomic E-state index is 0.0129. The normalized spacial score (nSPS) is 16.3. The molecule has 0 spiro atoms. The Bertz CT molecular complexity index is 838. The molecule has 1 aromatic heterocycles. The molecule has 0 aliphatic carbocycles. The van der Waals surface area contributed by atoms with Crippen molar-refractivity contribution < 1.29 is 27.4 Å². The van der Waals surface area contributed by atoms with Crippen LogP contribution in [0.5, 0.6) is 5.88 Å². The molecule has 9 heteroatoms. The Morgan fingerprint density at radius 1 is 1.21 bits per heavy atom. The number of aromatic nitrogens is 1. The average molecular weight is 473 g/mol. The zero-order valence-electron chi connectivity index (χ0n) is 15.5. The van der Waals surface area contributed by atoms with Gasteiger partial charge in [-0.3, -0.25) is 4.79 Å². The second kappa shape index (κ2) is 9.13. The van der Waals surface area contributed by atoms with Crippen LogP contribution in [0.3, 0.4) is 0 Å². The average Bonchev–Trinajstić information content (AvgIpc) is 2.71. The molecule has 0 bridgehead atoms. The molecule has 0 unspecified atom stereocenters. The molecule has 1 fully saturated rings. The smallest absolute Gasteiger partial charge is 0.422 e. The van der Waals surface area contributed by atoms with Crippen LogP contribution < -0.4 is 10.1 Å². The molecule has 5 nitrogen and oxygen atoms in total. The summed E-state index contributed by atoms with van der Waals surface area (Å²) in [6.07, 6.45) is -2.08. The molecule has 1 amide bonds. The maximum absolute atomic E-state index is 13.2. The second-order valence-electron chi connectivity index (χ2n) is 6.76. The van der Waals surface area contributed by atoms with E-state index in [9.17, 15) is 18.0 Å². The SMILES string of the molecule is O=C(NCc1cccnc1OCC(F)(F)F)C1(c2ccc(Br)cc2)CCOCC1. The topological polar surface area (TPSA) is 60.5 Å². The van der Waals surface area contributed by atoms with Crippen LogP contribution in [0.25, 0.3) is 0 Å². The van der Waals surface area contributed by atoms with E-state index in [4.69, 9.17) is 9.47 Å². The van der Waals surface area contributed by atoms with Gasteiger partial charge in [0.1, 0.15) is 0 Å². The Hall–Kier alpha value is -2.13. The second-order valence-corrected chi connectivity index (χ2v) is 7.67. The molecule has 1 aliphatic heterocycles. The third-order valence-corrected chi connectivity index (χ3v) is 5.37. The van der Waals surface area contributed by atoms with Gasteiger partial charge in [-0.2, -0.15) is 13.2 Å². The third-order valence-electron chi connectivity index (χ3n) is 4.84. The number of hydrogen-bond acceptors (Lipinski definition) is 4. The highest BCUT2D eigenvalue weighted by atomic mass is 79.9. The number of nitrogens with zero attached hydrogens (tertiary/aromatic N) is 1. The van der Waals surface area contributed by atoms with Crippen LogP contribution in [0.2, 0.25) is 0 Å². The van der Waals surface area contributed by atoms with E-state index in [1.165, 1.54) is 6.20 Å². The van der Waals surface area contributed by atoms with Crippen LogP contribution in [0.4, 0.5) is 13.2 Å². The van der Waals surface area contributed by atoms with Crippen molar-refractivity contribution in [2.24, 2.45) is 0 Å². The maximum atomic E-state index is 13.2. The molecule has 1 aliphatic rings. The number of alkyl halides is 3. The summed E-state index contributed by atoms with van der Waals surface area (Å²) in [7, 11) is 0. The summed E-state index contributed by atoms with van der Waals surface area (Å²) in [6.45, 7) is -0.517. The van der Waals surface area contributed by atoms with E-state index >= 15 is 0 Å². The first kappa shape index (κ1) is 21.6. The molecule has 0 radical (unpaired) electrons. The number of ether oxygens (including phenoxy) is 2. The number of carbonyl (C=O) groups is 1. The number of pyridine rings is 1. The predicted molar refractivity (Wildman–Crippen MR) is 104 cm³/mol. The minimum Gasteiger partial charge on any atom is -0.468 e. The number of amides is 1. The summed E-state index contributed by atoms with van der Waals surface area (Å²) in [6, 6.07) is 10.7. The van der Waals surface area contributed by atoms with Crippen molar-refractivity contribution in [1.82, 2.24) is 10.3 Å². The zero-order chi connectivity index (χ0) is 20.9. The number of benzene rings is 1. The van der Waals surface area contributed by atoms with E-state index in [2.05, 4.69) is 26.2 Å². The summed E-state index contributed by atoms with van der Waals surface area (Å²) in [4.78, 5) is 17.0. The van der Waals surface area contributed by atoms with Gasteiger partial charge >= 0.3 is 6.18 Å². The molecule has 2 heterocycles. The van der Waals surface area contributed by atoms with Gasteiger partial charge in [0.15, 0.2) is 6.61 Å². The van der Waals surface area contributed by atoms with E-state index in [-0.39, 0.29) is 18.3 Å². The molecule has 1 N–H and O–H groups in total. The van der Waals surface area contributed by atoms with Gasteiger partial charge in [-0.1, -0.05) is 34.1 Å². The Balaban J connectivity index is 1.75. The lowest BCUT2D eigenvalue weighted by molar-refractivity contribution is -0.154. The van der Waals surface area contributed by atoms with Crippen molar-refractivity contribution in [3.8, 4) is 5.88 Å². The number of nitrogens with one attached hydrogen (secondary N) is 1. The first-order valence-corrected chi connectivity index (χ1v) is 9.85. The number of rotatable bonds is 6. The highest BCUT2D eigenvalue weighted by Crippen LogP contribution is 2.36. The molecule has 2 aromatic rings. The van der Waals surface area contributed by atoms with Gasteiger partial charge < -0.3 is 14.8 Å². The molecular formula is C20H20BrF3N2O3. The molecule has 156 valence electrons. The fourth-order valence-electron chi connectivity index (χ4n) is 3.32. The first-order chi connectivity index (χ1) is 13.8.